The Bertz CT molecular complexity index is 1370. The quantitative estimate of drug-likeness (QED) is 0.306. The van der Waals surface area contributed by atoms with Gasteiger partial charge in [-0.3, -0.25) is 9.59 Å². The molecule has 7 heteroatoms. The van der Waals surface area contributed by atoms with Crippen molar-refractivity contribution in [1.82, 2.24) is 9.47 Å². The first kappa shape index (κ1) is 25.0. The standard InChI is InChI=1S/C29H30FN3O3/c1-4-15-33(29(35)25-9-5-6-10-26(25)30)18-23-8-7-16-32(23)19-24-13-14-27(36-24)28(34)31-22-12-11-20(2)21(3)17-22/h5-14,16-17H,4,15,18-19H2,1-3H3,(H,31,34). The first-order valence-corrected chi connectivity index (χ1v) is 12.0. The Kier molecular flexibility index (Phi) is 7.68. The first-order chi connectivity index (χ1) is 17.4. The van der Waals surface area contributed by atoms with Gasteiger partial charge in [-0.25, -0.2) is 4.39 Å². The Hall–Kier alpha value is -4.13. The monoisotopic (exact) mass is 487 g/mol. The third kappa shape index (κ3) is 5.74. The second-order valence-corrected chi connectivity index (χ2v) is 8.85. The number of carbonyl (C=O) groups is 2. The molecule has 4 rings (SSSR count). The topological polar surface area (TPSA) is 67.5 Å². The van der Waals surface area contributed by atoms with Gasteiger partial charge in [0.1, 0.15) is 11.6 Å². The number of furan rings is 1. The van der Waals surface area contributed by atoms with Crippen molar-refractivity contribution in [3.63, 3.8) is 0 Å². The van der Waals surface area contributed by atoms with Crippen molar-refractivity contribution in [2.24, 2.45) is 0 Å². The van der Waals surface area contributed by atoms with E-state index in [0.29, 0.717) is 31.1 Å². The molecule has 2 amide bonds. The number of amides is 2. The van der Waals surface area contributed by atoms with Crippen molar-refractivity contribution in [3.05, 3.63) is 113 Å². The van der Waals surface area contributed by atoms with Crippen molar-refractivity contribution >= 4 is 17.5 Å². The highest BCUT2D eigenvalue weighted by Gasteiger charge is 2.20. The highest BCUT2D eigenvalue weighted by molar-refractivity contribution is 6.02. The zero-order chi connectivity index (χ0) is 25.7. The van der Waals surface area contributed by atoms with E-state index in [1.807, 2.05) is 61.9 Å². The first-order valence-electron chi connectivity index (χ1n) is 12.0. The van der Waals surface area contributed by atoms with Crippen LogP contribution < -0.4 is 5.32 Å². The molecule has 0 aliphatic carbocycles. The maximum atomic E-state index is 14.2. The fraction of sp³-hybridized carbons (Fsp3) is 0.241. The zero-order valence-electron chi connectivity index (χ0n) is 20.8. The van der Waals surface area contributed by atoms with Crippen molar-refractivity contribution in [2.45, 2.75) is 40.3 Å². The van der Waals surface area contributed by atoms with Crippen LogP contribution in [0.25, 0.3) is 0 Å². The van der Waals surface area contributed by atoms with Gasteiger partial charge in [-0.15, -0.1) is 0 Å². The molecule has 0 saturated heterocycles. The molecule has 2 heterocycles. The predicted molar refractivity (Wildman–Crippen MR) is 138 cm³/mol. The molecule has 36 heavy (non-hydrogen) atoms. The van der Waals surface area contributed by atoms with Crippen LogP contribution in [0.4, 0.5) is 10.1 Å². The summed E-state index contributed by atoms with van der Waals surface area (Å²) in [5, 5.41) is 2.87. The normalized spacial score (nSPS) is 10.9. The molecular formula is C29H30FN3O3. The molecule has 186 valence electrons. The summed E-state index contributed by atoms with van der Waals surface area (Å²) < 4.78 is 22.0. The van der Waals surface area contributed by atoms with Crippen LogP contribution in [0.3, 0.4) is 0 Å². The van der Waals surface area contributed by atoms with Gasteiger partial charge in [-0.2, -0.15) is 0 Å². The maximum absolute atomic E-state index is 14.2. The summed E-state index contributed by atoms with van der Waals surface area (Å²) in [5.41, 5.74) is 3.91. The van der Waals surface area contributed by atoms with Crippen molar-refractivity contribution in [3.8, 4) is 0 Å². The maximum Gasteiger partial charge on any atom is 0.291 e. The van der Waals surface area contributed by atoms with Crippen LogP contribution in [-0.4, -0.2) is 27.8 Å². The van der Waals surface area contributed by atoms with Crippen LogP contribution in [0.1, 0.15) is 56.8 Å². The molecule has 6 nitrogen and oxygen atoms in total. The average Bonchev–Trinajstić information content (AvgIpc) is 3.51. The molecule has 0 aliphatic rings. The number of halogens is 1. The number of aryl methyl sites for hydroxylation is 2. The molecule has 0 unspecified atom stereocenters. The number of rotatable bonds is 9. The smallest absolute Gasteiger partial charge is 0.291 e. The number of anilines is 1. The summed E-state index contributed by atoms with van der Waals surface area (Å²) in [6.45, 7) is 7.22. The van der Waals surface area contributed by atoms with Gasteiger partial charge in [0.15, 0.2) is 5.76 Å². The van der Waals surface area contributed by atoms with Crippen molar-refractivity contribution < 1.29 is 18.4 Å². The molecule has 0 aliphatic heterocycles. The van der Waals surface area contributed by atoms with Gasteiger partial charge in [-0.05, 0) is 79.9 Å². The van der Waals surface area contributed by atoms with E-state index >= 15 is 0 Å². The molecule has 0 fully saturated rings. The van der Waals surface area contributed by atoms with Gasteiger partial charge in [0.25, 0.3) is 11.8 Å². The van der Waals surface area contributed by atoms with Gasteiger partial charge in [0.05, 0.1) is 18.7 Å². The van der Waals surface area contributed by atoms with E-state index in [0.717, 1.165) is 23.2 Å². The van der Waals surface area contributed by atoms with E-state index in [2.05, 4.69) is 5.32 Å². The summed E-state index contributed by atoms with van der Waals surface area (Å²) in [4.78, 5) is 27.3. The van der Waals surface area contributed by atoms with Gasteiger partial charge in [0, 0.05) is 24.1 Å². The molecule has 2 aromatic heterocycles. The third-order valence-corrected chi connectivity index (χ3v) is 6.14. The SMILES string of the molecule is CCCN(Cc1cccn1Cc1ccc(C(=O)Nc2ccc(C)c(C)c2)o1)C(=O)c1ccccc1F. The van der Waals surface area contributed by atoms with Gasteiger partial charge in [-0.1, -0.05) is 25.1 Å². The van der Waals surface area contributed by atoms with Crippen molar-refractivity contribution in [2.75, 3.05) is 11.9 Å². The summed E-state index contributed by atoms with van der Waals surface area (Å²) in [6.07, 6.45) is 2.64. The van der Waals surface area contributed by atoms with Crippen molar-refractivity contribution in [1.29, 1.82) is 0 Å². The number of nitrogens with one attached hydrogen (secondary N) is 1. The lowest BCUT2D eigenvalue weighted by molar-refractivity contribution is 0.0734. The van der Waals surface area contributed by atoms with E-state index in [9.17, 15) is 14.0 Å². The van der Waals surface area contributed by atoms with Crippen LogP contribution in [0.15, 0.2) is 77.3 Å². The number of aromatic nitrogens is 1. The Morgan fingerprint density at radius 1 is 1.00 bits per heavy atom. The largest absolute Gasteiger partial charge is 0.454 e. The molecule has 2 aromatic carbocycles. The number of hydrogen-bond donors (Lipinski definition) is 1. The molecule has 4 aromatic rings. The Morgan fingerprint density at radius 2 is 1.81 bits per heavy atom. The van der Waals surface area contributed by atoms with E-state index in [4.69, 9.17) is 4.42 Å². The van der Waals surface area contributed by atoms with E-state index < -0.39 is 5.82 Å². The Labute approximate surface area is 210 Å². The fourth-order valence-electron chi connectivity index (χ4n) is 4.03. The summed E-state index contributed by atoms with van der Waals surface area (Å²) >= 11 is 0. The fourth-order valence-corrected chi connectivity index (χ4v) is 4.03. The third-order valence-electron chi connectivity index (χ3n) is 6.14. The Morgan fingerprint density at radius 3 is 2.56 bits per heavy atom. The zero-order valence-corrected chi connectivity index (χ0v) is 20.8. The van der Waals surface area contributed by atoms with E-state index in [1.54, 1.807) is 29.2 Å². The van der Waals surface area contributed by atoms with Crippen LogP contribution in [-0.2, 0) is 13.1 Å². The lowest BCUT2D eigenvalue weighted by Gasteiger charge is -2.23. The van der Waals surface area contributed by atoms with Crippen LogP contribution in [0.2, 0.25) is 0 Å². The highest BCUT2D eigenvalue weighted by atomic mass is 19.1. The lowest BCUT2D eigenvalue weighted by Crippen LogP contribution is -2.32. The Balaban J connectivity index is 1.45. The second kappa shape index (κ2) is 11.1. The molecule has 0 saturated carbocycles. The average molecular weight is 488 g/mol. The summed E-state index contributed by atoms with van der Waals surface area (Å²) in [5.74, 6) is -0.353. The summed E-state index contributed by atoms with van der Waals surface area (Å²) in [7, 11) is 0. The minimum absolute atomic E-state index is 0.0644. The molecular weight excluding hydrogens is 457 g/mol. The number of carbonyl (C=O) groups excluding carboxylic acids is 2. The highest BCUT2D eigenvalue weighted by Crippen LogP contribution is 2.19. The van der Waals surface area contributed by atoms with Crippen LogP contribution in [0, 0.1) is 19.7 Å². The molecule has 0 spiro atoms. The van der Waals surface area contributed by atoms with E-state index in [1.165, 1.54) is 12.1 Å². The molecule has 0 radical (unpaired) electrons. The molecule has 0 atom stereocenters. The minimum atomic E-state index is -0.527. The predicted octanol–water partition coefficient (Wildman–Crippen LogP) is 6.19. The molecule has 1 N–H and O–H groups in total. The number of hydrogen-bond acceptors (Lipinski definition) is 3. The lowest BCUT2D eigenvalue weighted by atomic mass is 10.1. The van der Waals surface area contributed by atoms with Gasteiger partial charge < -0.3 is 19.2 Å². The molecule has 0 bridgehead atoms. The van der Waals surface area contributed by atoms with Gasteiger partial charge in [0.2, 0.25) is 0 Å². The number of benzene rings is 2. The van der Waals surface area contributed by atoms with Crippen LogP contribution in [0.5, 0.6) is 0 Å². The summed E-state index contributed by atoms with van der Waals surface area (Å²) in [6, 6.07) is 19.0. The van der Waals surface area contributed by atoms with Gasteiger partial charge >= 0.3 is 0 Å². The van der Waals surface area contributed by atoms with Crippen LogP contribution >= 0.6 is 0 Å². The minimum Gasteiger partial charge on any atom is -0.454 e. The number of nitrogens with zero attached hydrogens (tertiary/aromatic N) is 2. The van der Waals surface area contributed by atoms with E-state index in [-0.39, 0.29) is 23.1 Å². The second-order valence-electron chi connectivity index (χ2n) is 8.85.